The van der Waals surface area contributed by atoms with Crippen molar-refractivity contribution in [1.82, 2.24) is 10.2 Å². The summed E-state index contributed by atoms with van der Waals surface area (Å²) in [7, 11) is 0. The largest absolute Gasteiger partial charge is 0.381 e. The van der Waals surface area contributed by atoms with Crippen LogP contribution in [0.15, 0.2) is 0 Å². The Morgan fingerprint density at radius 1 is 1.29 bits per heavy atom. The molecule has 3 nitrogen and oxygen atoms in total. The molecular weight excluding hydrogens is 212 g/mol. The van der Waals surface area contributed by atoms with Crippen LogP contribution in [0.1, 0.15) is 33.6 Å². The molecule has 0 bridgehead atoms. The summed E-state index contributed by atoms with van der Waals surface area (Å²) in [5.41, 5.74) is 0. The van der Waals surface area contributed by atoms with Crippen LogP contribution in [0.5, 0.6) is 0 Å². The minimum absolute atomic E-state index is 0.643. The van der Waals surface area contributed by atoms with Gasteiger partial charge in [-0.1, -0.05) is 13.8 Å². The molecule has 2 fully saturated rings. The van der Waals surface area contributed by atoms with Crippen LogP contribution in [0.3, 0.4) is 0 Å². The van der Waals surface area contributed by atoms with Gasteiger partial charge in [-0.25, -0.2) is 0 Å². The van der Waals surface area contributed by atoms with Crippen LogP contribution >= 0.6 is 0 Å². The summed E-state index contributed by atoms with van der Waals surface area (Å²) in [4.78, 5) is 2.72. The highest BCUT2D eigenvalue weighted by atomic mass is 16.5. The Bertz CT molecular complexity index is 226. The molecule has 2 heterocycles. The molecule has 2 saturated heterocycles. The zero-order valence-electron chi connectivity index (χ0n) is 11.6. The molecule has 0 aromatic rings. The van der Waals surface area contributed by atoms with Crippen molar-refractivity contribution in [2.45, 2.75) is 45.7 Å². The zero-order valence-corrected chi connectivity index (χ0v) is 11.6. The van der Waals surface area contributed by atoms with Crippen LogP contribution in [-0.4, -0.2) is 49.8 Å². The first kappa shape index (κ1) is 13.3. The molecule has 2 rings (SSSR count). The van der Waals surface area contributed by atoms with Crippen molar-refractivity contribution in [3.05, 3.63) is 0 Å². The second kappa shape index (κ2) is 6.17. The number of nitrogens with one attached hydrogen (secondary N) is 1. The summed E-state index contributed by atoms with van der Waals surface area (Å²) >= 11 is 0. The summed E-state index contributed by atoms with van der Waals surface area (Å²) < 4.78 is 5.45. The molecule has 1 N–H and O–H groups in total. The maximum absolute atomic E-state index is 5.45. The number of hydrogen-bond donors (Lipinski definition) is 1. The van der Waals surface area contributed by atoms with Crippen molar-refractivity contribution < 1.29 is 4.74 Å². The highest BCUT2D eigenvalue weighted by molar-refractivity contribution is 4.87. The van der Waals surface area contributed by atoms with Crippen molar-refractivity contribution in [1.29, 1.82) is 0 Å². The molecule has 2 aliphatic heterocycles. The number of piperazine rings is 1. The number of hydrogen-bond acceptors (Lipinski definition) is 3. The monoisotopic (exact) mass is 240 g/mol. The molecule has 100 valence electrons. The fourth-order valence-electron chi connectivity index (χ4n) is 3.13. The highest BCUT2D eigenvalue weighted by Gasteiger charge is 2.30. The van der Waals surface area contributed by atoms with Gasteiger partial charge in [0.15, 0.2) is 0 Å². The predicted octanol–water partition coefficient (Wildman–Crippen LogP) is 1.73. The van der Waals surface area contributed by atoms with Crippen molar-refractivity contribution in [2.24, 2.45) is 11.8 Å². The van der Waals surface area contributed by atoms with E-state index < -0.39 is 0 Å². The molecule has 3 heteroatoms. The average molecular weight is 240 g/mol. The maximum atomic E-state index is 5.45. The van der Waals surface area contributed by atoms with Gasteiger partial charge >= 0.3 is 0 Å². The Balaban J connectivity index is 1.89. The predicted molar refractivity (Wildman–Crippen MR) is 71.2 cm³/mol. The van der Waals surface area contributed by atoms with Crippen LogP contribution in [0, 0.1) is 11.8 Å². The first-order valence-corrected chi connectivity index (χ1v) is 7.22. The molecule has 0 spiro atoms. The van der Waals surface area contributed by atoms with Crippen molar-refractivity contribution in [3.63, 3.8) is 0 Å². The van der Waals surface area contributed by atoms with Gasteiger partial charge in [0, 0.05) is 44.9 Å². The Morgan fingerprint density at radius 3 is 2.65 bits per heavy atom. The lowest BCUT2D eigenvalue weighted by atomic mass is 9.94. The van der Waals surface area contributed by atoms with E-state index in [-0.39, 0.29) is 0 Å². The Hall–Kier alpha value is -0.120. The molecule has 0 amide bonds. The van der Waals surface area contributed by atoms with Gasteiger partial charge in [-0.2, -0.15) is 0 Å². The minimum Gasteiger partial charge on any atom is -0.381 e. The summed E-state index contributed by atoms with van der Waals surface area (Å²) in [5.74, 6) is 1.60. The maximum Gasteiger partial charge on any atom is 0.0469 e. The van der Waals surface area contributed by atoms with Crippen molar-refractivity contribution >= 4 is 0 Å². The van der Waals surface area contributed by atoms with E-state index in [1.165, 1.54) is 25.9 Å². The van der Waals surface area contributed by atoms with Gasteiger partial charge < -0.3 is 10.1 Å². The Kier molecular flexibility index (Phi) is 4.83. The summed E-state index contributed by atoms with van der Waals surface area (Å²) in [6.07, 6.45) is 2.51. The smallest absolute Gasteiger partial charge is 0.0469 e. The zero-order chi connectivity index (χ0) is 12.3. The third kappa shape index (κ3) is 3.67. The standard InChI is InChI=1S/C14H28N2O/c1-11(2)14-8-15-12(3)9-16(14)10-13-4-6-17-7-5-13/h11-15H,4-10H2,1-3H3. The first-order valence-electron chi connectivity index (χ1n) is 7.22. The van der Waals surface area contributed by atoms with Gasteiger partial charge in [0.1, 0.15) is 0 Å². The van der Waals surface area contributed by atoms with Gasteiger partial charge in [0.25, 0.3) is 0 Å². The highest BCUT2D eigenvalue weighted by Crippen LogP contribution is 2.21. The minimum atomic E-state index is 0.643. The lowest BCUT2D eigenvalue weighted by molar-refractivity contribution is 0.0287. The normalized spacial score (nSPS) is 33.2. The van der Waals surface area contributed by atoms with Gasteiger partial charge in [0.05, 0.1) is 0 Å². The van der Waals surface area contributed by atoms with E-state index in [1.807, 2.05) is 0 Å². The van der Waals surface area contributed by atoms with E-state index in [4.69, 9.17) is 4.74 Å². The molecule has 2 atom stereocenters. The topological polar surface area (TPSA) is 24.5 Å². The van der Waals surface area contributed by atoms with Crippen LogP contribution in [0.2, 0.25) is 0 Å². The molecule has 0 saturated carbocycles. The molecule has 2 aliphatic rings. The van der Waals surface area contributed by atoms with E-state index in [1.54, 1.807) is 0 Å². The summed E-state index contributed by atoms with van der Waals surface area (Å²) in [6.45, 7) is 12.6. The Morgan fingerprint density at radius 2 is 2.00 bits per heavy atom. The number of rotatable bonds is 3. The molecule has 0 radical (unpaired) electrons. The van der Waals surface area contributed by atoms with Gasteiger partial charge in [-0.3, -0.25) is 4.90 Å². The lowest BCUT2D eigenvalue weighted by Crippen LogP contribution is -2.58. The fourth-order valence-corrected chi connectivity index (χ4v) is 3.13. The van der Waals surface area contributed by atoms with E-state index >= 15 is 0 Å². The van der Waals surface area contributed by atoms with E-state index in [0.717, 1.165) is 31.6 Å². The molecular formula is C14H28N2O. The van der Waals surface area contributed by atoms with Crippen LogP contribution in [0.4, 0.5) is 0 Å². The van der Waals surface area contributed by atoms with E-state index in [9.17, 15) is 0 Å². The van der Waals surface area contributed by atoms with Crippen molar-refractivity contribution in [3.8, 4) is 0 Å². The molecule has 17 heavy (non-hydrogen) atoms. The Labute approximate surface area is 106 Å². The quantitative estimate of drug-likeness (QED) is 0.813. The van der Waals surface area contributed by atoms with Crippen LogP contribution in [0.25, 0.3) is 0 Å². The van der Waals surface area contributed by atoms with Crippen molar-refractivity contribution in [2.75, 3.05) is 32.8 Å². The van der Waals surface area contributed by atoms with Crippen LogP contribution in [-0.2, 0) is 4.74 Å². The molecule has 0 aromatic carbocycles. The fraction of sp³-hybridized carbons (Fsp3) is 1.00. The number of ether oxygens (including phenoxy) is 1. The van der Waals surface area contributed by atoms with Crippen LogP contribution < -0.4 is 5.32 Å². The first-order chi connectivity index (χ1) is 8.16. The summed E-state index contributed by atoms with van der Waals surface area (Å²) in [6, 6.07) is 1.36. The SMILES string of the molecule is CC1CN(CC2CCOCC2)C(C(C)C)CN1. The van der Waals surface area contributed by atoms with Gasteiger partial charge in [-0.05, 0) is 31.6 Å². The third-order valence-electron chi connectivity index (χ3n) is 4.26. The summed E-state index contributed by atoms with van der Waals surface area (Å²) in [5, 5.41) is 3.61. The molecule has 0 aliphatic carbocycles. The molecule has 2 unspecified atom stereocenters. The van der Waals surface area contributed by atoms with Gasteiger partial charge in [-0.15, -0.1) is 0 Å². The average Bonchev–Trinajstić information content (AvgIpc) is 2.30. The third-order valence-corrected chi connectivity index (χ3v) is 4.26. The lowest BCUT2D eigenvalue weighted by Gasteiger charge is -2.43. The molecule has 0 aromatic heterocycles. The second-order valence-corrected chi connectivity index (χ2v) is 6.13. The van der Waals surface area contributed by atoms with E-state index in [2.05, 4.69) is 31.0 Å². The number of nitrogens with zero attached hydrogens (tertiary/aromatic N) is 1. The second-order valence-electron chi connectivity index (χ2n) is 6.13. The van der Waals surface area contributed by atoms with E-state index in [0.29, 0.717) is 12.1 Å². The van der Waals surface area contributed by atoms with Gasteiger partial charge in [0.2, 0.25) is 0 Å².